The molecule has 0 amide bonds. The fourth-order valence-electron chi connectivity index (χ4n) is 7.93. The number of ether oxygens (including phenoxy) is 1. The van der Waals surface area contributed by atoms with Crippen molar-refractivity contribution in [2.24, 2.45) is 0 Å². The van der Waals surface area contributed by atoms with Crippen LogP contribution >= 0.6 is 0 Å². The SMILES string of the molecule is Oc1ccccc1-c1cccc(N(c2ccc(-c3ccccc3)cc2)c2cc3c4c(cccc4c2)-c2cccc(N(c4ccccc4)c4ccccc4)c2O3)c1. The maximum Gasteiger partial charge on any atom is 0.159 e. The summed E-state index contributed by atoms with van der Waals surface area (Å²) in [6, 6.07) is 73.2. The lowest BCUT2D eigenvalue weighted by atomic mass is 9.93. The average Bonchev–Trinajstić information content (AvgIpc) is 3.26. The predicted molar refractivity (Wildman–Crippen MR) is 231 cm³/mol. The quantitative estimate of drug-likeness (QED) is 0.170. The highest BCUT2D eigenvalue weighted by atomic mass is 16.5. The molecule has 0 radical (unpaired) electrons. The second kappa shape index (κ2) is 14.0. The molecule has 0 saturated heterocycles. The zero-order valence-corrected chi connectivity index (χ0v) is 30.5. The molecule has 4 heteroatoms. The van der Waals surface area contributed by atoms with Crippen molar-refractivity contribution in [2.45, 2.75) is 0 Å². The number of anilines is 6. The van der Waals surface area contributed by atoms with E-state index in [2.05, 4.69) is 168 Å². The van der Waals surface area contributed by atoms with Crippen LogP contribution in [0.1, 0.15) is 0 Å². The van der Waals surface area contributed by atoms with Gasteiger partial charge < -0.3 is 19.6 Å². The minimum Gasteiger partial charge on any atom is -0.507 e. The number of rotatable bonds is 8. The first-order valence-electron chi connectivity index (χ1n) is 18.8. The Morgan fingerprint density at radius 2 is 0.911 bits per heavy atom. The van der Waals surface area contributed by atoms with E-state index < -0.39 is 0 Å². The first-order valence-corrected chi connectivity index (χ1v) is 18.8. The van der Waals surface area contributed by atoms with Crippen LogP contribution in [0.25, 0.3) is 44.2 Å². The Kier molecular flexibility index (Phi) is 8.27. The third-order valence-electron chi connectivity index (χ3n) is 10.5. The first kappa shape index (κ1) is 33.0. The molecule has 266 valence electrons. The molecule has 1 heterocycles. The van der Waals surface area contributed by atoms with Crippen molar-refractivity contribution >= 4 is 44.9 Å². The average molecular weight is 721 g/mol. The Hall–Kier alpha value is -7.56. The lowest BCUT2D eigenvalue weighted by Crippen LogP contribution is -2.13. The van der Waals surface area contributed by atoms with Crippen LogP contribution in [0.2, 0.25) is 0 Å². The Morgan fingerprint density at radius 3 is 1.64 bits per heavy atom. The van der Waals surface area contributed by atoms with Gasteiger partial charge in [0.1, 0.15) is 11.5 Å². The summed E-state index contributed by atoms with van der Waals surface area (Å²) >= 11 is 0. The number of nitrogens with zero attached hydrogens (tertiary/aromatic N) is 2. The Morgan fingerprint density at radius 1 is 0.357 bits per heavy atom. The van der Waals surface area contributed by atoms with Gasteiger partial charge in [0.25, 0.3) is 0 Å². The fourth-order valence-corrected chi connectivity index (χ4v) is 7.93. The van der Waals surface area contributed by atoms with Gasteiger partial charge >= 0.3 is 0 Å². The number of fused-ring (bicyclic) bond motifs is 2. The third-order valence-corrected chi connectivity index (χ3v) is 10.5. The van der Waals surface area contributed by atoms with Gasteiger partial charge in [-0.3, -0.25) is 0 Å². The van der Waals surface area contributed by atoms with E-state index in [-0.39, 0.29) is 5.75 Å². The fraction of sp³-hybridized carbons (Fsp3) is 0. The van der Waals surface area contributed by atoms with Gasteiger partial charge in [0.05, 0.1) is 11.4 Å². The minimum atomic E-state index is 0.244. The molecule has 0 aliphatic carbocycles. The number of phenolic OH excluding ortho intramolecular Hbond substituents is 1. The van der Waals surface area contributed by atoms with Gasteiger partial charge in [-0.05, 0) is 94.4 Å². The summed E-state index contributed by atoms with van der Waals surface area (Å²) < 4.78 is 7.15. The van der Waals surface area contributed by atoms with E-state index >= 15 is 0 Å². The van der Waals surface area contributed by atoms with Gasteiger partial charge in [0.2, 0.25) is 0 Å². The van der Waals surface area contributed by atoms with E-state index in [9.17, 15) is 5.11 Å². The first-order chi connectivity index (χ1) is 27.7. The van der Waals surface area contributed by atoms with E-state index in [1.54, 1.807) is 6.07 Å². The summed E-state index contributed by atoms with van der Waals surface area (Å²) in [6.07, 6.45) is 0. The van der Waals surface area contributed by atoms with Crippen molar-refractivity contribution < 1.29 is 9.84 Å². The van der Waals surface area contributed by atoms with Crippen LogP contribution < -0.4 is 14.5 Å². The van der Waals surface area contributed by atoms with Crippen molar-refractivity contribution in [3.8, 4) is 50.6 Å². The molecule has 0 bridgehead atoms. The van der Waals surface area contributed by atoms with Crippen molar-refractivity contribution in [2.75, 3.05) is 9.80 Å². The number of hydrogen-bond acceptors (Lipinski definition) is 4. The van der Waals surface area contributed by atoms with Crippen molar-refractivity contribution in [1.29, 1.82) is 0 Å². The topological polar surface area (TPSA) is 35.9 Å². The van der Waals surface area contributed by atoms with Crippen LogP contribution in [0, 0.1) is 0 Å². The molecular formula is C52H36N2O2. The van der Waals surface area contributed by atoms with Crippen LogP contribution in [0.15, 0.2) is 212 Å². The Balaban J connectivity index is 1.15. The van der Waals surface area contributed by atoms with Crippen LogP contribution in [0.4, 0.5) is 34.1 Å². The number of aromatic hydroxyl groups is 1. The molecule has 10 rings (SSSR count). The molecule has 9 aromatic rings. The van der Waals surface area contributed by atoms with E-state index in [1.807, 2.05) is 48.5 Å². The molecule has 0 unspecified atom stereocenters. The predicted octanol–water partition coefficient (Wildman–Crippen LogP) is 14.6. The summed E-state index contributed by atoms with van der Waals surface area (Å²) in [7, 11) is 0. The Bertz CT molecular complexity index is 2800. The highest BCUT2D eigenvalue weighted by Gasteiger charge is 2.28. The molecule has 0 saturated carbocycles. The smallest absolute Gasteiger partial charge is 0.159 e. The molecule has 9 aromatic carbocycles. The molecule has 0 fully saturated rings. The number of benzene rings is 9. The second-order valence-electron chi connectivity index (χ2n) is 13.9. The molecular weight excluding hydrogens is 685 g/mol. The summed E-state index contributed by atoms with van der Waals surface area (Å²) in [5.74, 6) is 1.84. The number of hydrogen-bond donors (Lipinski definition) is 1. The van der Waals surface area contributed by atoms with Gasteiger partial charge in [-0.15, -0.1) is 0 Å². The van der Waals surface area contributed by atoms with Gasteiger partial charge in [0, 0.05) is 45.3 Å². The maximum atomic E-state index is 10.8. The number of phenols is 1. The molecule has 1 N–H and O–H groups in total. The summed E-state index contributed by atoms with van der Waals surface area (Å²) in [5.41, 5.74) is 12.1. The van der Waals surface area contributed by atoms with Crippen LogP contribution in [-0.2, 0) is 0 Å². The standard InChI is InChI=1S/C52H36N2O2/c55-49-28-11-10-24-45(49)38-17-12-23-43(33-38)53(42-31-29-37(30-32-42)36-15-4-1-5-16-36)44-34-39-18-13-25-46-47-26-14-27-48(52(47)56-50(35-44)51(39)46)54(40-19-6-2-7-20-40)41-21-8-3-9-22-41/h1-35,55H. The summed E-state index contributed by atoms with van der Waals surface area (Å²) in [6.45, 7) is 0. The van der Waals surface area contributed by atoms with Gasteiger partial charge in [-0.1, -0.05) is 140 Å². The van der Waals surface area contributed by atoms with E-state index in [0.29, 0.717) is 0 Å². The lowest BCUT2D eigenvalue weighted by molar-refractivity contribution is 0.477. The van der Waals surface area contributed by atoms with Crippen molar-refractivity contribution in [3.05, 3.63) is 212 Å². The van der Waals surface area contributed by atoms with E-state index in [4.69, 9.17) is 4.74 Å². The van der Waals surface area contributed by atoms with Crippen LogP contribution in [0.3, 0.4) is 0 Å². The summed E-state index contributed by atoms with van der Waals surface area (Å²) in [5, 5.41) is 13.0. The molecule has 0 atom stereocenters. The minimum absolute atomic E-state index is 0.244. The highest BCUT2D eigenvalue weighted by Crippen LogP contribution is 2.54. The van der Waals surface area contributed by atoms with E-state index in [0.717, 1.165) is 89.8 Å². The highest BCUT2D eigenvalue weighted by molar-refractivity contribution is 6.07. The van der Waals surface area contributed by atoms with E-state index in [1.165, 1.54) is 0 Å². The van der Waals surface area contributed by atoms with Gasteiger partial charge in [-0.2, -0.15) is 0 Å². The Labute approximate surface area is 326 Å². The largest absolute Gasteiger partial charge is 0.507 e. The van der Waals surface area contributed by atoms with Crippen LogP contribution in [0.5, 0.6) is 17.2 Å². The normalized spacial score (nSPS) is 11.4. The lowest BCUT2D eigenvalue weighted by Gasteiger charge is -2.32. The summed E-state index contributed by atoms with van der Waals surface area (Å²) in [4.78, 5) is 4.53. The van der Waals surface area contributed by atoms with Gasteiger partial charge in [-0.25, -0.2) is 0 Å². The zero-order valence-electron chi connectivity index (χ0n) is 30.5. The monoisotopic (exact) mass is 720 g/mol. The molecule has 1 aliphatic rings. The second-order valence-corrected chi connectivity index (χ2v) is 13.9. The maximum absolute atomic E-state index is 10.8. The molecule has 0 aromatic heterocycles. The number of para-hydroxylation sites is 4. The van der Waals surface area contributed by atoms with Crippen molar-refractivity contribution in [1.82, 2.24) is 0 Å². The molecule has 4 nitrogen and oxygen atoms in total. The molecule has 1 aliphatic heterocycles. The van der Waals surface area contributed by atoms with Crippen LogP contribution in [-0.4, -0.2) is 5.11 Å². The zero-order chi connectivity index (χ0) is 37.4. The third kappa shape index (κ3) is 5.90. The molecule has 0 spiro atoms. The van der Waals surface area contributed by atoms with Gasteiger partial charge in [0.15, 0.2) is 5.75 Å². The molecule has 56 heavy (non-hydrogen) atoms. The van der Waals surface area contributed by atoms with Crippen molar-refractivity contribution in [3.63, 3.8) is 0 Å².